The van der Waals surface area contributed by atoms with Crippen LogP contribution in [0.15, 0.2) is 48.5 Å². The lowest BCUT2D eigenvalue weighted by Crippen LogP contribution is -2.22. The third-order valence-electron chi connectivity index (χ3n) is 3.35. The van der Waals surface area contributed by atoms with Gasteiger partial charge in [-0.05, 0) is 54.8 Å². The minimum absolute atomic E-state index is 0.199. The van der Waals surface area contributed by atoms with Crippen molar-refractivity contribution in [2.45, 2.75) is 18.9 Å². The highest BCUT2D eigenvalue weighted by Gasteiger charge is 2.06. The van der Waals surface area contributed by atoms with Crippen LogP contribution in [0.25, 0.3) is 0 Å². The average Bonchev–Trinajstić information content (AvgIpc) is 2.47. The Morgan fingerprint density at radius 3 is 2.43 bits per heavy atom. The van der Waals surface area contributed by atoms with Gasteiger partial charge in [0.15, 0.2) is 0 Å². The molecule has 0 amide bonds. The summed E-state index contributed by atoms with van der Waals surface area (Å²) >= 11 is 0. The molecule has 2 rings (SSSR count). The summed E-state index contributed by atoms with van der Waals surface area (Å²) in [4.78, 5) is 0. The average molecular weight is 287 g/mol. The molecule has 0 saturated carbocycles. The molecule has 0 fully saturated rings. The molecule has 0 spiro atoms. The van der Waals surface area contributed by atoms with E-state index in [1.807, 2.05) is 12.1 Å². The molecule has 2 aromatic rings. The maximum Gasteiger partial charge on any atom is 0.115 e. The number of aliphatic hydroxyl groups is 1. The zero-order valence-corrected chi connectivity index (χ0v) is 11.9. The molecule has 0 heterocycles. The van der Waals surface area contributed by atoms with E-state index in [9.17, 15) is 15.3 Å². The van der Waals surface area contributed by atoms with Crippen molar-refractivity contribution in [1.82, 2.24) is 5.32 Å². The van der Waals surface area contributed by atoms with Gasteiger partial charge in [-0.1, -0.05) is 24.3 Å². The van der Waals surface area contributed by atoms with Crippen molar-refractivity contribution >= 4 is 0 Å². The van der Waals surface area contributed by atoms with E-state index < -0.39 is 6.10 Å². The topological polar surface area (TPSA) is 72.7 Å². The lowest BCUT2D eigenvalue weighted by atomic mass is 10.1. The van der Waals surface area contributed by atoms with Gasteiger partial charge < -0.3 is 20.6 Å². The molecule has 0 bridgehead atoms. The summed E-state index contributed by atoms with van der Waals surface area (Å²) in [7, 11) is 0. The molecule has 21 heavy (non-hydrogen) atoms. The van der Waals surface area contributed by atoms with Crippen LogP contribution in [0.2, 0.25) is 0 Å². The van der Waals surface area contributed by atoms with Gasteiger partial charge in [-0.3, -0.25) is 0 Å². The molecule has 0 aliphatic rings. The summed E-state index contributed by atoms with van der Waals surface area (Å²) in [5.74, 6) is 0.494. The maximum atomic E-state index is 9.99. The molecule has 0 saturated heterocycles. The van der Waals surface area contributed by atoms with Crippen LogP contribution in [0.4, 0.5) is 0 Å². The smallest absolute Gasteiger partial charge is 0.115 e. The van der Waals surface area contributed by atoms with Crippen LogP contribution in [0.5, 0.6) is 11.5 Å². The highest BCUT2D eigenvalue weighted by molar-refractivity contribution is 5.28. The number of hydrogen-bond donors (Lipinski definition) is 4. The summed E-state index contributed by atoms with van der Waals surface area (Å²) in [5.41, 5.74) is 1.89. The summed E-state index contributed by atoms with van der Waals surface area (Å²) in [6, 6.07) is 13.8. The van der Waals surface area contributed by atoms with Crippen LogP contribution < -0.4 is 5.32 Å². The van der Waals surface area contributed by atoms with Gasteiger partial charge in [0.2, 0.25) is 0 Å². The minimum Gasteiger partial charge on any atom is -0.508 e. The number of hydrogen-bond acceptors (Lipinski definition) is 4. The van der Waals surface area contributed by atoms with E-state index >= 15 is 0 Å². The Bertz CT molecular complexity index is 554. The Balaban J connectivity index is 1.66. The number of aryl methyl sites for hydroxylation is 1. The van der Waals surface area contributed by atoms with Crippen molar-refractivity contribution in [3.8, 4) is 11.5 Å². The van der Waals surface area contributed by atoms with Gasteiger partial charge in [0, 0.05) is 6.54 Å². The van der Waals surface area contributed by atoms with E-state index in [4.69, 9.17) is 0 Å². The first-order valence-electron chi connectivity index (χ1n) is 7.11. The third-order valence-corrected chi connectivity index (χ3v) is 3.35. The minimum atomic E-state index is -0.577. The van der Waals surface area contributed by atoms with E-state index in [-0.39, 0.29) is 5.75 Å². The van der Waals surface area contributed by atoms with Gasteiger partial charge in [-0.15, -0.1) is 0 Å². The molecular formula is C17H21NO3. The first-order valence-corrected chi connectivity index (χ1v) is 7.11. The van der Waals surface area contributed by atoms with Crippen molar-refractivity contribution in [3.63, 3.8) is 0 Å². The predicted octanol–water partition coefficient (Wildman–Crippen LogP) is 2.35. The second-order valence-electron chi connectivity index (χ2n) is 5.08. The molecule has 4 nitrogen and oxygen atoms in total. The molecule has 112 valence electrons. The van der Waals surface area contributed by atoms with Crippen LogP contribution in [0.1, 0.15) is 23.7 Å². The van der Waals surface area contributed by atoms with Crippen LogP contribution in [0, 0.1) is 0 Å². The zero-order valence-electron chi connectivity index (χ0n) is 11.9. The lowest BCUT2D eigenvalue weighted by Gasteiger charge is -2.12. The van der Waals surface area contributed by atoms with Crippen LogP contribution in [0.3, 0.4) is 0 Å². The van der Waals surface area contributed by atoms with E-state index in [2.05, 4.69) is 5.32 Å². The molecule has 1 atom stereocenters. The summed E-state index contributed by atoms with van der Waals surface area (Å²) in [6.07, 6.45) is 1.24. The second kappa shape index (κ2) is 7.67. The number of aromatic hydroxyl groups is 2. The van der Waals surface area contributed by atoms with Crippen LogP contribution in [-0.2, 0) is 6.42 Å². The van der Waals surface area contributed by atoms with Gasteiger partial charge in [-0.2, -0.15) is 0 Å². The van der Waals surface area contributed by atoms with E-state index in [0.29, 0.717) is 12.3 Å². The fourth-order valence-corrected chi connectivity index (χ4v) is 2.18. The number of benzene rings is 2. The normalized spacial score (nSPS) is 12.2. The van der Waals surface area contributed by atoms with Crippen molar-refractivity contribution in [2.24, 2.45) is 0 Å². The summed E-state index contributed by atoms with van der Waals surface area (Å²) in [5, 5.41) is 31.8. The Hall–Kier alpha value is -2.04. The van der Waals surface area contributed by atoms with E-state index in [0.717, 1.165) is 30.5 Å². The number of nitrogens with one attached hydrogen (secondary N) is 1. The highest BCUT2D eigenvalue weighted by Crippen LogP contribution is 2.16. The van der Waals surface area contributed by atoms with Gasteiger partial charge >= 0.3 is 0 Å². The number of phenolic OH excluding ortho intramolecular Hbond substituents is 2. The zero-order chi connectivity index (χ0) is 15.1. The quantitative estimate of drug-likeness (QED) is 0.590. The number of phenols is 2. The molecule has 0 aliphatic heterocycles. The maximum absolute atomic E-state index is 9.99. The SMILES string of the molecule is Oc1ccc([C@@H](O)CNCCCc2cccc(O)c2)cc1. The lowest BCUT2D eigenvalue weighted by molar-refractivity contribution is 0.175. The standard InChI is InChI=1S/C17H21NO3/c19-15-8-6-14(7-9-15)17(21)12-18-10-2-4-13-3-1-5-16(20)11-13/h1,3,5-9,11,17-21H,2,4,10,12H2/t17-/m0/s1. The second-order valence-corrected chi connectivity index (χ2v) is 5.08. The van der Waals surface area contributed by atoms with E-state index in [1.54, 1.807) is 36.4 Å². The van der Waals surface area contributed by atoms with Crippen LogP contribution in [-0.4, -0.2) is 28.4 Å². The molecule has 0 radical (unpaired) electrons. The monoisotopic (exact) mass is 287 g/mol. The van der Waals surface area contributed by atoms with Gasteiger partial charge in [-0.25, -0.2) is 0 Å². The Morgan fingerprint density at radius 1 is 0.952 bits per heavy atom. The van der Waals surface area contributed by atoms with Gasteiger partial charge in [0.1, 0.15) is 11.5 Å². The largest absolute Gasteiger partial charge is 0.508 e. The highest BCUT2D eigenvalue weighted by atomic mass is 16.3. The number of rotatable bonds is 7. The molecule has 2 aromatic carbocycles. The molecular weight excluding hydrogens is 266 g/mol. The first-order chi connectivity index (χ1) is 10.1. The van der Waals surface area contributed by atoms with Gasteiger partial charge in [0.25, 0.3) is 0 Å². The summed E-state index contributed by atoms with van der Waals surface area (Å²) in [6.45, 7) is 1.27. The molecule has 4 heteroatoms. The molecule has 0 aliphatic carbocycles. The van der Waals surface area contributed by atoms with Crippen molar-refractivity contribution in [3.05, 3.63) is 59.7 Å². The number of aliphatic hydroxyl groups excluding tert-OH is 1. The fourth-order valence-electron chi connectivity index (χ4n) is 2.18. The van der Waals surface area contributed by atoms with Crippen molar-refractivity contribution < 1.29 is 15.3 Å². The molecule has 0 unspecified atom stereocenters. The van der Waals surface area contributed by atoms with Gasteiger partial charge in [0.05, 0.1) is 6.10 Å². The van der Waals surface area contributed by atoms with E-state index in [1.165, 1.54) is 0 Å². The fraction of sp³-hybridized carbons (Fsp3) is 0.294. The summed E-state index contributed by atoms with van der Waals surface area (Å²) < 4.78 is 0. The third kappa shape index (κ3) is 5.10. The van der Waals surface area contributed by atoms with Crippen molar-refractivity contribution in [2.75, 3.05) is 13.1 Å². The van der Waals surface area contributed by atoms with Crippen LogP contribution >= 0.6 is 0 Å². The molecule has 0 aromatic heterocycles. The Kier molecular flexibility index (Phi) is 5.60. The van der Waals surface area contributed by atoms with Crippen molar-refractivity contribution in [1.29, 1.82) is 0 Å². The Labute approximate surface area is 124 Å². The Morgan fingerprint density at radius 2 is 1.71 bits per heavy atom. The first kappa shape index (κ1) is 15.4. The molecule has 4 N–H and O–H groups in total. The predicted molar refractivity (Wildman–Crippen MR) is 82.4 cm³/mol.